The van der Waals surface area contributed by atoms with E-state index in [-0.39, 0.29) is 42.4 Å². The Bertz CT molecular complexity index is 955. The second kappa shape index (κ2) is 11.2. The maximum Gasteiger partial charge on any atom is 0.453 e. The molecule has 38 heavy (non-hydrogen) atoms. The lowest BCUT2D eigenvalue weighted by atomic mass is 9.51. The van der Waals surface area contributed by atoms with Crippen molar-refractivity contribution in [1.82, 2.24) is 4.90 Å². The third kappa shape index (κ3) is 5.84. The predicted molar refractivity (Wildman–Crippen MR) is 134 cm³/mol. The molecule has 0 amide bonds. The van der Waals surface area contributed by atoms with E-state index in [1.165, 1.54) is 0 Å². The standard InChI is InChI=1S/C29H41F6NO2/c1-27-17-23(30)26-21-9-8-20(37)16-19(21)15-18(25(26)22(27)10-11-24(27)38)7-4-3-5-13-36(2)14-6-12-28(31,32)29(33,34)35/h8-9,16,18,22-26,37-38H,3-7,10-15,17H2,1-2H3/t18-,22?,23+,24+,25?,26?,27?/m1/s1. The molecular formula is C29H41F6NO2. The highest BCUT2D eigenvalue weighted by Gasteiger charge is 2.60. The number of aliphatic hydroxyl groups is 1. The number of fused-ring (bicyclic) bond motifs is 5. The van der Waals surface area contributed by atoms with E-state index in [1.54, 1.807) is 24.1 Å². The van der Waals surface area contributed by atoms with Gasteiger partial charge in [0.1, 0.15) is 11.9 Å². The molecule has 7 atom stereocenters. The number of aliphatic hydroxyl groups excluding tert-OH is 1. The molecule has 1 aromatic carbocycles. The van der Waals surface area contributed by atoms with Crippen LogP contribution in [0.4, 0.5) is 26.3 Å². The quantitative estimate of drug-likeness (QED) is 0.239. The zero-order chi connectivity index (χ0) is 27.9. The number of rotatable bonds is 10. The van der Waals surface area contributed by atoms with Gasteiger partial charge in [-0.3, -0.25) is 0 Å². The topological polar surface area (TPSA) is 43.7 Å². The highest BCUT2D eigenvalue weighted by molar-refractivity contribution is 5.41. The monoisotopic (exact) mass is 549 g/mol. The first kappa shape index (κ1) is 29.5. The summed E-state index contributed by atoms with van der Waals surface area (Å²) in [5, 5.41) is 20.8. The Morgan fingerprint density at radius 3 is 2.45 bits per heavy atom. The summed E-state index contributed by atoms with van der Waals surface area (Å²) >= 11 is 0. The van der Waals surface area contributed by atoms with Crippen LogP contribution < -0.4 is 0 Å². The van der Waals surface area contributed by atoms with E-state index in [1.807, 2.05) is 13.0 Å². The molecule has 0 aromatic heterocycles. The molecule has 4 unspecified atom stereocenters. The van der Waals surface area contributed by atoms with Crippen molar-refractivity contribution in [2.45, 2.75) is 101 Å². The Morgan fingerprint density at radius 1 is 1.03 bits per heavy atom. The van der Waals surface area contributed by atoms with Gasteiger partial charge in [0.2, 0.25) is 0 Å². The molecule has 4 rings (SSSR count). The number of hydrogen-bond donors (Lipinski definition) is 2. The Balaban J connectivity index is 1.33. The second-order valence-electron chi connectivity index (χ2n) is 12.3. The Labute approximate surface area is 221 Å². The van der Waals surface area contributed by atoms with Gasteiger partial charge in [0.15, 0.2) is 0 Å². The number of phenolic OH excluding ortho intramolecular Hbond substituents is 1. The molecule has 9 heteroatoms. The van der Waals surface area contributed by atoms with E-state index in [9.17, 15) is 32.2 Å². The van der Waals surface area contributed by atoms with Crippen LogP contribution in [0.3, 0.4) is 0 Å². The smallest absolute Gasteiger partial charge is 0.453 e. The maximum absolute atomic E-state index is 15.8. The molecule has 2 fully saturated rings. The van der Waals surface area contributed by atoms with Gasteiger partial charge in [0.25, 0.3) is 0 Å². The van der Waals surface area contributed by atoms with Crippen LogP contribution >= 0.6 is 0 Å². The predicted octanol–water partition coefficient (Wildman–Crippen LogP) is 7.25. The van der Waals surface area contributed by atoms with E-state index in [4.69, 9.17) is 0 Å². The van der Waals surface area contributed by atoms with E-state index < -0.39 is 36.2 Å². The number of alkyl halides is 6. The molecule has 3 aliphatic rings. The normalized spacial score (nSPS) is 33.2. The van der Waals surface area contributed by atoms with Crippen LogP contribution in [0.25, 0.3) is 0 Å². The number of halogens is 6. The van der Waals surface area contributed by atoms with Crippen LogP contribution in [0.5, 0.6) is 5.75 Å². The molecule has 0 aliphatic heterocycles. The molecule has 2 saturated carbocycles. The molecule has 0 bridgehead atoms. The summed E-state index contributed by atoms with van der Waals surface area (Å²) in [6.45, 7) is 2.84. The molecule has 3 nitrogen and oxygen atoms in total. The van der Waals surface area contributed by atoms with Crippen LogP contribution in [0.2, 0.25) is 0 Å². The number of nitrogens with zero attached hydrogens (tertiary/aromatic N) is 1. The fourth-order valence-electron chi connectivity index (χ4n) is 7.82. The second-order valence-corrected chi connectivity index (χ2v) is 12.3. The summed E-state index contributed by atoms with van der Waals surface area (Å²) in [7, 11) is 1.73. The van der Waals surface area contributed by atoms with Gasteiger partial charge < -0.3 is 15.1 Å². The van der Waals surface area contributed by atoms with Gasteiger partial charge in [0, 0.05) is 12.3 Å². The molecule has 1 aromatic rings. The van der Waals surface area contributed by atoms with Crippen LogP contribution in [0.1, 0.15) is 81.8 Å². The van der Waals surface area contributed by atoms with Gasteiger partial charge in [-0.05, 0) is 112 Å². The molecule has 0 spiro atoms. The molecular weight excluding hydrogens is 508 g/mol. The minimum absolute atomic E-state index is 0.135. The van der Waals surface area contributed by atoms with Crippen molar-refractivity contribution < 1.29 is 36.6 Å². The molecule has 2 N–H and O–H groups in total. The Hall–Kier alpha value is -1.48. The molecule has 0 radical (unpaired) electrons. The first-order chi connectivity index (χ1) is 17.7. The summed E-state index contributed by atoms with van der Waals surface area (Å²) in [4.78, 5) is 1.79. The fraction of sp³-hybridized carbons (Fsp3) is 0.793. The van der Waals surface area contributed by atoms with Gasteiger partial charge in [-0.15, -0.1) is 0 Å². The first-order valence-corrected chi connectivity index (χ1v) is 14.0. The molecule has 0 saturated heterocycles. The van der Waals surface area contributed by atoms with Crippen molar-refractivity contribution in [3.63, 3.8) is 0 Å². The Morgan fingerprint density at radius 2 is 1.74 bits per heavy atom. The zero-order valence-electron chi connectivity index (χ0n) is 22.3. The summed E-state index contributed by atoms with van der Waals surface area (Å²) in [6.07, 6.45) is -2.25. The van der Waals surface area contributed by atoms with E-state index in [0.29, 0.717) is 19.4 Å². The zero-order valence-corrected chi connectivity index (χ0v) is 22.3. The van der Waals surface area contributed by atoms with Crippen molar-refractivity contribution in [3.05, 3.63) is 29.3 Å². The van der Waals surface area contributed by atoms with Crippen LogP contribution in [0.15, 0.2) is 18.2 Å². The number of phenols is 1. The summed E-state index contributed by atoms with van der Waals surface area (Å²) in [5.41, 5.74) is 1.59. The average molecular weight is 550 g/mol. The van der Waals surface area contributed by atoms with Crippen molar-refractivity contribution in [2.75, 3.05) is 20.1 Å². The summed E-state index contributed by atoms with van der Waals surface area (Å²) < 4.78 is 79.0. The fourth-order valence-corrected chi connectivity index (χ4v) is 7.82. The summed E-state index contributed by atoms with van der Waals surface area (Å²) in [5.74, 6) is -4.06. The van der Waals surface area contributed by atoms with Crippen LogP contribution in [0, 0.1) is 23.2 Å². The van der Waals surface area contributed by atoms with Crippen molar-refractivity contribution in [3.8, 4) is 5.75 Å². The Kier molecular flexibility index (Phi) is 8.68. The molecule has 216 valence electrons. The van der Waals surface area contributed by atoms with Gasteiger partial charge >= 0.3 is 12.1 Å². The lowest BCUT2D eigenvalue weighted by Gasteiger charge is -2.54. The third-order valence-electron chi connectivity index (χ3n) is 9.84. The van der Waals surface area contributed by atoms with Gasteiger partial charge in [-0.2, -0.15) is 22.0 Å². The van der Waals surface area contributed by atoms with Crippen LogP contribution in [-0.2, 0) is 6.42 Å². The van der Waals surface area contributed by atoms with E-state index >= 15 is 4.39 Å². The van der Waals surface area contributed by atoms with E-state index in [2.05, 4.69) is 0 Å². The van der Waals surface area contributed by atoms with Crippen molar-refractivity contribution >= 4 is 0 Å². The molecule has 3 aliphatic carbocycles. The van der Waals surface area contributed by atoms with Crippen molar-refractivity contribution in [1.29, 1.82) is 0 Å². The number of aromatic hydroxyl groups is 1. The van der Waals surface area contributed by atoms with Gasteiger partial charge in [0.05, 0.1) is 6.10 Å². The molecule has 0 heterocycles. The largest absolute Gasteiger partial charge is 0.508 e. The maximum atomic E-state index is 15.8. The highest BCUT2D eigenvalue weighted by Crippen LogP contribution is 2.63. The number of hydrogen-bond acceptors (Lipinski definition) is 3. The minimum Gasteiger partial charge on any atom is -0.508 e. The van der Waals surface area contributed by atoms with E-state index in [0.717, 1.165) is 49.7 Å². The lowest BCUT2D eigenvalue weighted by molar-refractivity contribution is -0.284. The number of benzene rings is 1. The lowest BCUT2D eigenvalue weighted by Crippen LogP contribution is -2.51. The van der Waals surface area contributed by atoms with Crippen molar-refractivity contribution in [2.24, 2.45) is 23.2 Å². The van der Waals surface area contributed by atoms with Gasteiger partial charge in [-0.1, -0.05) is 25.8 Å². The number of unbranched alkanes of at least 4 members (excludes halogenated alkanes) is 2. The highest BCUT2D eigenvalue weighted by atomic mass is 19.4. The average Bonchev–Trinajstić information content (AvgIpc) is 3.11. The van der Waals surface area contributed by atoms with Gasteiger partial charge in [-0.25, -0.2) is 4.39 Å². The third-order valence-corrected chi connectivity index (χ3v) is 9.84. The summed E-state index contributed by atoms with van der Waals surface area (Å²) in [6, 6.07) is 5.28. The SMILES string of the molecule is CN(CCCCC[C@@H]1Cc2cc(O)ccc2C2C1C1CC[C@H](O)C1(C)C[C@@H]2F)CCCC(F)(F)C(F)(F)F. The first-order valence-electron chi connectivity index (χ1n) is 14.0. The van der Waals surface area contributed by atoms with Crippen LogP contribution in [-0.4, -0.2) is 59.6 Å². The minimum atomic E-state index is -5.50.